The van der Waals surface area contributed by atoms with E-state index in [0.717, 1.165) is 11.3 Å². The number of halogens is 2. The van der Waals surface area contributed by atoms with Crippen molar-refractivity contribution >= 4 is 0 Å². The van der Waals surface area contributed by atoms with Crippen molar-refractivity contribution in [2.45, 2.75) is 25.5 Å². The molecule has 1 N–H and O–H groups in total. The van der Waals surface area contributed by atoms with Gasteiger partial charge in [0.15, 0.2) is 0 Å². The van der Waals surface area contributed by atoms with Crippen molar-refractivity contribution in [1.82, 2.24) is 4.90 Å². The van der Waals surface area contributed by atoms with Crippen LogP contribution in [0, 0.1) is 5.92 Å². The van der Waals surface area contributed by atoms with Crippen LogP contribution < -0.4 is 4.74 Å². The summed E-state index contributed by atoms with van der Waals surface area (Å²) in [5.41, 5.74) is 1.00. The smallest absolute Gasteiger partial charge is 0.242 e. The zero-order chi connectivity index (χ0) is 13.8. The van der Waals surface area contributed by atoms with Crippen LogP contribution in [0.3, 0.4) is 0 Å². The van der Waals surface area contributed by atoms with Gasteiger partial charge in [0.25, 0.3) is 0 Å². The fraction of sp³-hybridized carbons (Fsp3) is 0.571. The number of methoxy groups -OCH3 is 1. The maximum atomic E-state index is 12.8. The lowest BCUT2D eigenvalue weighted by Crippen LogP contribution is -2.44. The van der Waals surface area contributed by atoms with Gasteiger partial charge in [-0.05, 0) is 24.1 Å². The number of rotatable bonds is 4. The van der Waals surface area contributed by atoms with Gasteiger partial charge in [-0.15, -0.1) is 0 Å². The normalized spacial score (nSPS) is 24.7. The number of aliphatic hydroxyl groups is 1. The van der Waals surface area contributed by atoms with Crippen LogP contribution in [0.25, 0.3) is 0 Å². The first-order valence-corrected chi connectivity index (χ1v) is 6.40. The Morgan fingerprint density at radius 2 is 2.21 bits per heavy atom. The number of nitrogens with zero attached hydrogens (tertiary/aromatic N) is 1. The molecule has 1 saturated heterocycles. The number of ether oxygens (including phenoxy) is 1. The van der Waals surface area contributed by atoms with Crippen molar-refractivity contribution in [3.8, 4) is 5.75 Å². The van der Waals surface area contributed by atoms with E-state index in [1.807, 2.05) is 29.2 Å². The average molecular weight is 271 g/mol. The summed E-state index contributed by atoms with van der Waals surface area (Å²) in [7, 11) is 1.59. The minimum Gasteiger partial charge on any atom is -0.497 e. The topological polar surface area (TPSA) is 32.7 Å². The summed E-state index contributed by atoms with van der Waals surface area (Å²) < 4.78 is 30.7. The van der Waals surface area contributed by atoms with Gasteiger partial charge < -0.3 is 9.84 Å². The lowest BCUT2D eigenvalue weighted by atomic mass is 9.96. The largest absolute Gasteiger partial charge is 0.497 e. The van der Waals surface area contributed by atoms with Crippen LogP contribution in [0.1, 0.15) is 12.0 Å². The molecule has 0 spiro atoms. The second-order valence-electron chi connectivity index (χ2n) is 5.03. The second-order valence-corrected chi connectivity index (χ2v) is 5.03. The predicted octanol–water partition coefficient (Wildman–Crippen LogP) is 2.14. The molecule has 1 aromatic carbocycles. The van der Waals surface area contributed by atoms with Gasteiger partial charge in [0.05, 0.1) is 13.2 Å². The Labute approximate surface area is 111 Å². The molecule has 1 aromatic rings. The molecular formula is C14H19F2NO2. The van der Waals surface area contributed by atoms with Gasteiger partial charge in [-0.25, -0.2) is 8.78 Å². The number of hydrogen-bond acceptors (Lipinski definition) is 3. The van der Waals surface area contributed by atoms with Crippen LogP contribution in [-0.4, -0.2) is 42.7 Å². The average Bonchev–Trinajstić information content (AvgIpc) is 2.38. The van der Waals surface area contributed by atoms with Gasteiger partial charge >= 0.3 is 0 Å². The maximum Gasteiger partial charge on any atom is 0.242 e. The molecule has 0 aromatic heterocycles. The van der Waals surface area contributed by atoms with Crippen LogP contribution in [0.2, 0.25) is 0 Å². The van der Waals surface area contributed by atoms with Crippen molar-refractivity contribution in [2.24, 2.45) is 5.92 Å². The number of hydrogen-bond donors (Lipinski definition) is 1. The highest BCUT2D eigenvalue weighted by atomic mass is 19.3. The van der Waals surface area contributed by atoms with Crippen molar-refractivity contribution < 1.29 is 18.6 Å². The molecule has 0 amide bonds. The fourth-order valence-electron chi connectivity index (χ4n) is 2.54. The molecule has 0 aliphatic carbocycles. The molecule has 0 saturated carbocycles. The summed E-state index contributed by atoms with van der Waals surface area (Å²) in [6.45, 7) is 1.32. The first-order valence-electron chi connectivity index (χ1n) is 6.40. The minimum absolute atomic E-state index is 0.187. The van der Waals surface area contributed by atoms with Crippen LogP contribution in [0.15, 0.2) is 24.3 Å². The molecule has 3 nitrogen and oxygen atoms in total. The number of alkyl halides is 2. The summed E-state index contributed by atoms with van der Waals surface area (Å²) in [6.07, 6.45) is -2.85. The SMILES string of the molecule is COc1cccc(CN2CC(C(F)F)C[C@H](O)C2)c1. The van der Waals surface area contributed by atoms with Gasteiger partial charge in [-0.1, -0.05) is 12.1 Å². The van der Waals surface area contributed by atoms with Crippen molar-refractivity contribution in [1.29, 1.82) is 0 Å². The van der Waals surface area contributed by atoms with Crippen LogP contribution in [0.5, 0.6) is 5.75 Å². The molecule has 5 heteroatoms. The van der Waals surface area contributed by atoms with E-state index in [4.69, 9.17) is 4.74 Å². The molecule has 0 radical (unpaired) electrons. The van der Waals surface area contributed by atoms with E-state index in [0.29, 0.717) is 19.6 Å². The Morgan fingerprint density at radius 3 is 2.89 bits per heavy atom. The third-order valence-electron chi connectivity index (χ3n) is 3.43. The first-order chi connectivity index (χ1) is 9.08. The summed E-state index contributed by atoms with van der Waals surface area (Å²) in [5.74, 6) is 0.00910. The predicted molar refractivity (Wildman–Crippen MR) is 68.4 cm³/mol. The summed E-state index contributed by atoms with van der Waals surface area (Å²) in [5, 5.41) is 9.68. The molecule has 1 fully saturated rings. The van der Waals surface area contributed by atoms with Crippen molar-refractivity contribution in [3.05, 3.63) is 29.8 Å². The van der Waals surface area contributed by atoms with Gasteiger partial charge in [0.2, 0.25) is 6.43 Å². The summed E-state index contributed by atoms with van der Waals surface area (Å²) in [4.78, 5) is 1.87. The Balaban J connectivity index is 2.01. The summed E-state index contributed by atoms with van der Waals surface area (Å²) in [6, 6.07) is 7.54. The molecule has 2 rings (SSSR count). The highest BCUT2D eigenvalue weighted by Gasteiger charge is 2.31. The molecule has 1 aliphatic heterocycles. The standard InChI is InChI=1S/C14H19F2NO2/c1-19-13-4-2-3-10(5-13)7-17-8-11(14(15)16)6-12(18)9-17/h2-5,11-12,14,18H,6-9H2,1H3/t11?,12-/m0/s1. The van der Waals surface area contributed by atoms with Crippen LogP contribution >= 0.6 is 0 Å². The van der Waals surface area contributed by atoms with E-state index in [2.05, 4.69) is 0 Å². The second kappa shape index (κ2) is 6.30. The van der Waals surface area contributed by atoms with E-state index >= 15 is 0 Å². The molecule has 1 heterocycles. The van der Waals surface area contributed by atoms with Crippen LogP contribution in [0.4, 0.5) is 8.78 Å². The van der Waals surface area contributed by atoms with E-state index in [1.165, 1.54) is 0 Å². The van der Waals surface area contributed by atoms with Crippen molar-refractivity contribution in [3.63, 3.8) is 0 Å². The third kappa shape index (κ3) is 3.88. The number of aliphatic hydroxyl groups excluding tert-OH is 1. The molecule has 2 atom stereocenters. The zero-order valence-electron chi connectivity index (χ0n) is 10.9. The lowest BCUT2D eigenvalue weighted by molar-refractivity contribution is -0.0280. The van der Waals surface area contributed by atoms with Crippen molar-refractivity contribution in [2.75, 3.05) is 20.2 Å². The Bertz CT molecular complexity index is 414. The number of benzene rings is 1. The Morgan fingerprint density at radius 1 is 1.42 bits per heavy atom. The molecule has 19 heavy (non-hydrogen) atoms. The number of piperidine rings is 1. The van der Waals surface area contributed by atoms with Crippen LogP contribution in [-0.2, 0) is 6.54 Å². The number of β-amino-alcohol motifs (C(OH)–C–C–N with tert-alkyl or cyclic N) is 1. The Hall–Kier alpha value is -1.20. The summed E-state index contributed by atoms with van der Waals surface area (Å²) >= 11 is 0. The maximum absolute atomic E-state index is 12.8. The molecule has 1 unspecified atom stereocenters. The first kappa shape index (κ1) is 14.2. The lowest BCUT2D eigenvalue weighted by Gasteiger charge is -2.35. The van der Waals surface area contributed by atoms with Gasteiger partial charge in [0.1, 0.15) is 5.75 Å². The Kier molecular flexibility index (Phi) is 4.71. The zero-order valence-corrected chi connectivity index (χ0v) is 10.9. The van der Waals surface area contributed by atoms with E-state index in [-0.39, 0.29) is 6.42 Å². The molecule has 1 aliphatic rings. The monoisotopic (exact) mass is 271 g/mol. The third-order valence-corrected chi connectivity index (χ3v) is 3.43. The van der Waals surface area contributed by atoms with E-state index in [9.17, 15) is 13.9 Å². The number of likely N-dealkylation sites (tertiary alicyclic amines) is 1. The fourth-order valence-corrected chi connectivity index (χ4v) is 2.54. The molecular weight excluding hydrogens is 252 g/mol. The highest BCUT2D eigenvalue weighted by Crippen LogP contribution is 2.24. The highest BCUT2D eigenvalue weighted by molar-refractivity contribution is 5.28. The van der Waals surface area contributed by atoms with E-state index in [1.54, 1.807) is 7.11 Å². The van der Waals surface area contributed by atoms with Gasteiger partial charge in [-0.2, -0.15) is 0 Å². The molecule has 106 valence electrons. The van der Waals surface area contributed by atoms with E-state index < -0.39 is 18.4 Å². The van der Waals surface area contributed by atoms with Gasteiger partial charge in [0, 0.05) is 25.6 Å². The van der Waals surface area contributed by atoms with Gasteiger partial charge in [-0.3, -0.25) is 4.90 Å². The minimum atomic E-state index is -2.37. The molecule has 0 bridgehead atoms. The quantitative estimate of drug-likeness (QED) is 0.910.